The van der Waals surface area contributed by atoms with Crippen LogP contribution in [-0.2, 0) is 28.5 Å². The molecule has 0 amide bonds. The van der Waals surface area contributed by atoms with Gasteiger partial charge in [0.2, 0.25) is 6.29 Å². The molecular formula is C26H32O14. The van der Waals surface area contributed by atoms with E-state index in [4.69, 9.17) is 23.7 Å². The van der Waals surface area contributed by atoms with Gasteiger partial charge in [-0.15, -0.1) is 0 Å². The third kappa shape index (κ3) is 5.78. The maximum Gasteiger partial charge on any atom is 0.335 e. The highest BCUT2D eigenvalue weighted by Gasteiger charge is 2.61. The number of hydrogen-bond donors (Lipinski definition) is 7. The van der Waals surface area contributed by atoms with Crippen LogP contribution in [0, 0.1) is 11.8 Å². The summed E-state index contributed by atoms with van der Waals surface area (Å²) in [6.07, 6.45) is -7.41. The van der Waals surface area contributed by atoms with Gasteiger partial charge in [-0.05, 0) is 30.7 Å². The van der Waals surface area contributed by atoms with Crippen molar-refractivity contribution in [1.29, 1.82) is 0 Å². The first-order valence-corrected chi connectivity index (χ1v) is 12.4. The molecule has 10 atom stereocenters. The molecule has 14 heteroatoms. The molecule has 2 heterocycles. The van der Waals surface area contributed by atoms with Crippen molar-refractivity contribution < 1.29 is 69.0 Å². The van der Waals surface area contributed by atoms with Gasteiger partial charge in [0, 0.05) is 18.4 Å². The third-order valence-corrected chi connectivity index (χ3v) is 7.35. The van der Waals surface area contributed by atoms with Gasteiger partial charge in [-0.25, -0.2) is 9.59 Å². The van der Waals surface area contributed by atoms with Crippen LogP contribution in [0.5, 0.6) is 11.5 Å². The van der Waals surface area contributed by atoms with Gasteiger partial charge < -0.3 is 59.4 Å². The zero-order valence-corrected chi connectivity index (χ0v) is 21.6. The third-order valence-electron chi connectivity index (χ3n) is 7.35. The fourth-order valence-corrected chi connectivity index (χ4v) is 5.34. The van der Waals surface area contributed by atoms with Gasteiger partial charge in [0.15, 0.2) is 17.8 Å². The summed E-state index contributed by atoms with van der Waals surface area (Å²) in [6.45, 7) is 0.681. The molecule has 3 aliphatic rings. The maximum atomic E-state index is 12.7. The summed E-state index contributed by atoms with van der Waals surface area (Å²) >= 11 is 0. The molecule has 1 aromatic carbocycles. The van der Waals surface area contributed by atoms with E-state index in [0.29, 0.717) is 5.56 Å². The number of rotatable bonds is 8. The number of carboxylic acid groups (broad SMARTS) is 1. The number of ether oxygens (including phenoxy) is 5. The number of phenols is 1. The smallest absolute Gasteiger partial charge is 0.335 e. The van der Waals surface area contributed by atoms with Crippen LogP contribution in [-0.4, -0.2) is 110 Å². The summed E-state index contributed by atoms with van der Waals surface area (Å²) in [5, 5.41) is 70.7. The first-order chi connectivity index (χ1) is 18.9. The van der Waals surface area contributed by atoms with Gasteiger partial charge in [-0.2, -0.15) is 0 Å². The molecule has 1 saturated heterocycles. The Morgan fingerprint density at radius 1 is 1.15 bits per heavy atom. The lowest BCUT2D eigenvalue weighted by molar-refractivity contribution is -0.346. The van der Waals surface area contributed by atoms with E-state index in [1.807, 2.05) is 0 Å². The highest BCUT2D eigenvalue weighted by molar-refractivity contribution is 5.89. The Kier molecular flexibility index (Phi) is 8.70. The Morgan fingerprint density at radius 3 is 2.52 bits per heavy atom. The van der Waals surface area contributed by atoms with Crippen molar-refractivity contribution in [3.63, 3.8) is 0 Å². The first-order valence-electron chi connectivity index (χ1n) is 12.4. The summed E-state index contributed by atoms with van der Waals surface area (Å²) < 4.78 is 27.1. The number of aliphatic hydroxyl groups is 5. The van der Waals surface area contributed by atoms with Crippen molar-refractivity contribution >= 4 is 18.0 Å². The largest absolute Gasteiger partial charge is 0.504 e. The van der Waals surface area contributed by atoms with Crippen molar-refractivity contribution in [2.45, 2.75) is 62.0 Å². The standard InChI is InChI=1S/C26H32O14/c1-26(35)8-15(38-17(29)6-4-11-3-5-13(28)14(7-11)36-2)18-12(23(33)34)10-37-24(19(18)26)40-25-22(32)21(31)20(30)16(9-27)39-25/h3-7,10,15-16,18-22,24-25,27-28,30-32,35H,8-9H2,1-2H3,(H,33,34). The fourth-order valence-electron chi connectivity index (χ4n) is 5.34. The number of phenolic OH excluding ortho intramolecular Hbond substituents is 1. The molecule has 1 aliphatic carbocycles. The zero-order chi connectivity index (χ0) is 29.4. The number of benzene rings is 1. The highest BCUT2D eigenvalue weighted by atomic mass is 16.8. The number of esters is 1. The SMILES string of the molecule is COc1cc(C=CC(=O)OC2CC(C)(O)C3C(OC4OC(CO)C(O)C(O)C4O)OC=C(C(=O)O)C23)ccc1O. The van der Waals surface area contributed by atoms with E-state index >= 15 is 0 Å². The van der Waals surface area contributed by atoms with Crippen molar-refractivity contribution in [2.24, 2.45) is 11.8 Å². The zero-order valence-electron chi connectivity index (χ0n) is 21.6. The fraction of sp³-hybridized carbons (Fsp3) is 0.538. The van der Waals surface area contributed by atoms with E-state index in [2.05, 4.69) is 0 Å². The van der Waals surface area contributed by atoms with Gasteiger partial charge in [0.25, 0.3) is 0 Å². The lowest BCUT2D eigenvalue weighted by atomic mass is 9.80. The molecule has 2 fully saturated rings. The molecule has 40 heavy (non-hydrogen) atoms. The van der Waals surface area contributed by atoms with Crippen molar-refractivity contribution in [3.8, 4) is 11.5 Å². The van der Waals surface area contributed by atoms with Crippen LogP contribution in [0.2, 0.25) is 0 Å². The van der Waals surface area contributed by atoms with Gasteiger partial charge >= 0.3 is 11.9 Å². The minimum absolute atomic E-state index is 0.0885. The molecule has 1 aromatic rings. The predicted octanol–water partition coefficient (Wildman–Crippen LogP) is -1.15. The van der Waals surface area contributed by atoms with Crippen LogP contribution in [0.3, 0.4) is 0 Å². The van der Waals surface area contributed by atoms with Gasteiger partial charge in [-0.1, -0.05) is 6.07 Å². The molecule has 2 aliphatic heterocycles. The Balaban J connectivity index is 1.54. The monoisotopic (exact) mass is 568 g/mol. The average Bonchev–Trinajstić information content (AvgIpc) is 3.18. The van der Waals surface area contributed by atoms with Crippen LogP contribution in [0.1, 0.15) is 18.9 Å². The van der Waals surface area contributed by atoms with Crippen LogP contribution in [0.4, 0.5) is 0 Å². The van der Waals surface area contributed by atoms with Gasteiger partial charge in [0.1, 0.15) is 30.5 Å². The maximum absolute atomic E-state index is 12.7. The van der Waals surface area contributed by atoms with Crippen LogP contribution < -0.4 is 4.74 Å². The number of aromatic hydroxyl groups is 1. The number of carbonyl (C=O) groups excluding carboxylic acids is 1. The Bertz CT molecular complexity index is 1160. The Morgan fingerprint density at radius 2 is 1.88 bits per heavy atom. The molecule has 220 valence electrons. The summed E-state index contributed by atoms with van der Waals surface area (Å²) in [4.78, 5) is 24.7. The first kappa shape index (κ1) is 29.7. The van der Waals surface area contributed by atoms with E-state index in [1.54, 1.807) is 0 Å². The molecular weight excluding hydrogens is 536 g/mol. The lowest BCUT2D eigenvalue weighted by Crippen LogP contribution is -2.60. The average molecular weight is 569 g/mol. The van der Waals surface area contributed by atoms with Crippen LogP contribution in [0.25, 0.3) is 6.08 Å². The van der Waals surface area contributed by atoms with E-state index in [0.717, 1.165) is 12.3 Å². The van der Waals surface area contributed by atoms with E-state index in [-0.39, 0.29) is 23.5 Å². The van der Waals surface area contributed by atoms with E-state index < -0.39 is 79.1 Å². The van der Waals surface area contributed by atoms with E-state index in [9.17, 15) is 45.3 Å². The van der Waals surface area contributed by atoms with Crippen LogP contribution in [0.15, 0.2) is 36.1 Å². The number of carbonyl (C=O) groups is 2. The molecule has 10 unspecified atom stereocenters. The minimum Gasteiger partial charge on any atom is -0.504 e. The molecule has 0 spiro atoms. The topological polar surface area (TPSA) is 222 Å². The molecule has 7 N–H and O–H groups in total. The quantitative estimate of drug-likeness (QED) is 0.145. The second kappa shape index (κ2) is 11.7. The van der Waals surface area contributed by atoms with Gasteiger partial charge in [0.05, 0.1) is 37.1 Å². The molecule has 14 nitrogen and oxygen atoms in total. The number of aliphatic hydroxyl groups excluding tert-OH is 4. The molecule has 4 rings (SSSR count). The van der Waals surface area contributed by atoms with Crippen LogP contribution >= 0.6 is 0 Å². The number of carboxylic acids is 1. The predicted molar refractivity (Wildman–Crippen MR) is 131 cm³/mol. The number of methoxy groups -OCH3 is 1. The van der Waals surface area contributed by atoms with E-state index in [1.165, 1.54) is 38.3 Å². The second-order valence-electron chi connectivity index (χ2n) is 10.1. The number of fused-ring (bicyclic) bond motifs is 1. The summed E-state index contributed by atoms with van der Waals surface area (Å²) in [5.74, 6) is -4.37. The van der Waals surface area contributed by atoms with Crippen molar-refractivity contribution in [3.05, 3.63) is 41.7 Å². The van der Waals surface area contributed by atoms with Gasteiger partial charge in [-0.3, -0.25) is 0 Å². The molecule has 0 radical (unpaired) electrons. The second-order valence-corrected chi connectivity index (χ2v) is 10.1. The normalized spacial score (nSPS) is 37.4. The summed E-state index contributed by atoms with van der Waals surface area (Å²) in [5.41, 5.74) is -1.48. The molecule has 0 aromatic heterocycles. The molecule has 0 bridgehead atoms. The Labute approximate surface area is 228 Å². The number of hydrogen-bond acceptors (Lipinski definition) is 13. The summed E-state index contributed by atoms with van der Waals surface area (Å²) in [6, 6.07) is 4.40. The number of aliphatic carboxylic acids is 1. The van der Waals surface area contributed by atoms with Crippen molar-refractivity contribution in [1.82, 2.24) is 0 Å². The summed E-state index contributed by atoms with van der Waals surface area (Å²) in [7, 11) is 1.37. The minimum atomic E-state index is -1.77. The lowest BCUT2D eigenvalue weighted by Gasteiger charge is -2.44. The Hall–Kier alpha value is -3.24. The van der Waals surface area contributed by atoms with Crippen molar-refractivity contribution in [2.75, 3.05) is 13.7 Å². The highest BCUT2D eigenvalue weighted by Crippen LogP contribution is 2.50. The molecule has 1 saturated carbocycles.